The second-order valence-corrected chi connectivity index (χ2v) is 4.88. The smallest absolute Gasteiger partial charge is 0.158 e. The highest BCUT2D eigenvalue weighted by Crippen LogP contribution is 2.32. The number of rotatable bonds is 3. The van der Waals surface area contributed by atoms with E-state index in [1.165, 1.54) is 11.1 Å². The Hall–Kier alpha value is -2.01. The number of nitrogens with one attached hydrogen (secondary N) is 1. The van der Waals surface area contributed by atoms with E-state index in [4.69, 9.17) is 0 Å². The van der Waals surface area contributed by atoms with E-state index in [2.05, 4.69) is 36.2 Å². The van der Waals surface area contributed by atoms with Crippen LogP contribution in [0.3, 0.4) is 0 Å². The van der Waals surface area contributed by atoms with Gasteiger partial charge in [-0.3, -0.25) is 4.79 Å². The third kappa shape index (κ3) is 3.48. The van der Waals surface area contributed by atoms with Crippen molar-refractivity contribution in [2.24, 2.45) is 0 Å². The Balaban J connectivity index is 2.13. The van der Waals surface area contributed by atoms with Gasteiger partial charge in [-0.25, -0.2) is 0 Å². The van der Waals surface area contributed by atoms with Crippen molar-refractivity contribution in [1.29, 1.82) is 0 Å². The molecule has 98 valence electrons. The van der Waals surface area contributed by atoms with E-state index < -0.39 is 0 Å². The van der Waals surface area contributed by atoms with E-state index in [0.29, 0.717) is 13.0 Å². The maximum atomic E-state index is 11.8. The Morgan fingerprint density at radius 1 is 1.32 bits per heavy atom. The highest BCUT2D eigenvalue weighted by atomic mass is 16.1. The van der Waals surface area contributed by atoms with Gasteiger partial charge in [0.25, 0.3) is 0 Å². The molecule has 0 amide bonds. The van der Waals surface area contributed by atoms with Crippen LogP contribution in [0.4, 0.5) is 0 Å². The summed E-state index contributed by atoms with van der Waals surface area (Å²) in [5.41, 5.74) is 3.55. The average Bonchev–Trinajstić information content (AvgIpc) is 2.39. The summed E-state index contributed by atoms with van der Waals surface area (Å²) in [5, 5.41) is 3.24. The van der Waals surface area contributed by atoms with Crippen LogP contribution in [0, 0.1) is 18.8 Å². The number of carbonyl (C=O) groups excluding carboxylic acids is 1. The quantitative estimate of drug-likeness (QED) is 0.839. The van der Waals surface area contributed by atoms with Crippen LogP contribution in [0.15, 0.2) is 36.0 Å². The molecule has 0 radical (unpaired) electrons. The van der Waals surface area contributed by atoms with Crippen LogP contribution >= 0.6 is 0 Å². The lowest BCUT2D eigenvalue weighted by atomic mass is 9.83. The van der Waals surface area contributed by atoms with Gasteiger partial charge in [-0.2, -0.15) is 0 Å². The van der Waals surface area contributed by atoms with Crippen molar-refractivity contribution in [2.45, 2.75) is 32.6 Å². The largest absolute Gasteiger partial charge is 0.377 e. The number of aryl methyl sites for hydroxylation is 1. The molecule has 0 spiro atoms. The van der Waals surface area contributed by atoms with Crippen LogP contribution in [-0.2, 0) is 4.79 Å². The third-order valence-corrected chi connectivity index (χ3v) is 3.46. The van der Waals surface area contributed by atoms with Crippen molar-refractivity contribution in [3.05, 3.63) is 47.2 Å². The van der Waals surface area contributed by atoms with Gasteiger partial charge in [-0.05, 0) is 37.3 Å². The second kappa shape index (κ2) is 6.24. The summed E-state index contributed by atoms with van der Waals surface area (Å²) < 4.78 is 0. The van der Waals surface area contributed by atoms with Gasteiger partial charge in [0.2, 0.25) is 0 Å². The fourth-order valence-corrected chi connectivity index (χ4v) is 2.53. The van der Waals surface area contributed by atoms with E-state index in [1.807, 2.05) is 19.1 Å². The van der Waals surface area contributed by atoms with Crippen molar-refractivity contribution < 1.29 is 4.79 Å². The Labute approximate surface area is 114 Å². The van der Waals surface area contributed by atoms with Gasteiger partial charge in [0.1, 0.15) is 0 Å². The average molecular weight is 253 g/mol. The van der Waals surface area contributed by atoms with Gasteiger partial charge >= 0.3 is 0 Å². The molecular formula is C17H19NO. The van der Waals surface area contributed by atoms with Gasteiger partial charge in [0.15, 0.2) is 5.78 Å². The van der Waals surface area contributed by atoms with Crippen LogP contribution in [0.25, 0.3) is 0 Å². The van der Waals surface area contributed by atoms with Gasteiger partial charge < -0.3 is 5.32 Å². The summed E-state index contributed by atoms with van der Waals surface area (Å²) in [4.78, 5) is 11.8. The molecule has 1 aromatic carbocycles. The van der Waals surface area contributed by atoms with Crippen LogP contribution in [0.1, 0.15) is 36.8 Å². The van der Waals surface area contributed by atoms with E-state index in [1.54, 1.807) is 6.08 Å². The summed E-state index contributed by atoms with van der Waals surface area (Å²) in [7, 11) is 0. The molecule has 0 aliphatic heterocycles. The van der Waals surface area contributed by atoms with Crippen LogP contribution < -0.4 is 5.32 Å². The minimum absolute atomic E-state index is 0.200. The monoisotopic (exact) mass is 253 g/mol. The summed E-state index contributed by atoms with van der Waals surface area (Å²) >= 11 is 0. The van der Waals surface area contributed by atoms with Crippen LogP contribution in [-0.4, -0.2) is 12.3 Å². The number of hydrogen-bond donors (Lipinski definition) is 1. The molecule has 1 aliphatic rings. The first-order valence-electron chi connectivity index (χ1n) is 6.63. The first kappa shape index (κ1) is 13.4. The predicted molar refractivity (Wildman–Crippen MR) is 77.7 cm³/mol. The molecule has 19 heavy (non-hydrogen) atoms. The standard InChI is InChI=1S/C17H19NO/c1-3-4-9-18-15-10-14(11-16(19)12-15)17-8-6-5-7-13(17)2/h5-8,12,14,18H,9-11H2,1-2H3. The molecule has 0 bridgehead atoms. The topological polar surface area (TPSA) is 29.1 Å². The lowest BCUT2D eigenvalue weighted by Gasteiger charge is -2.24. The molecule has 0 saturated carbocycles. The highest BCUT2D eigenvalue weighted by Gasteiger charge is 2.22. The van der Waals surface area contributed by atoms with Gasteiger partial charge in [0.05, 0.1) is 6.54 Å². The molecule has 2 heteroatoms. The minimum atomic E-state index is 0.200. The molecule has 2 rings (SSSR count). The van der Waals surface area contributed by atoms with Crippen molar-refractivity contribution >= 4 is 5.78 Å². The zero-order chi connectivity index (χ0) is 13.7. The fraction of sp³-hybridized carbons (Fsp3) is 0.353. The van der Waals surface area contributed by atoms with Crippen molar-refractivity contribution in [3.8, 4) is 11.8 Å². The van der Waals surface area contributed by atoms with E-state index in [-0.39, 0.29) is 11.7 Å². The molecule has 0 heterocycles. The Morgan fingerprint density at radius 2 is 2.11 bits per heavy atom. The molecule has 2 nitrogen and oxygen atoms in total. The van der Waals surface area contributed by atoms with E-state index in [9.17, 15) is 4.79 Å². The summed E-state index contributed by atoms with van der Waals surface area (Å²) in [6, 6.07) is 8.31. The summed E-state index contributed by atoms with van der Waals surface area (Å²) in [6.45, 7) is 4.53. The first-order chi connectivity index (χ1) is 9.20. The Bertz CT molecular complexity index is 560. The van der Waals surface area contributed by atoms with Crippen molar-refractivity contribution in [3.63, 3.8) is 0 Å². The van der Waals surface area contributed by atoms with Crippen LogP contribution in [0.2, 0.25) is 0 Å². The molecule has 0 saturated heterocycles. The van der Waals surface area contributed by atoms with E-state index in [0.717, 1.165) is 12.1 Å². The normalized spacial score (nSPS) is 18.3. The van der Waals surface area contributed by atoms with Gasteiger partial charge in [-0.1, -0.05) is 30.2 Å². The fourth-order valence-electron chi connectivity index (χ4n) is 2.53. The molecular weight excluding hydrogens is 234 g/mol. The molecule has 1 aliphatic carbocycles. The number of benzene rings is 1. The molecule has 1 unspecified atom stereocenters. The predicted octanol–water partition coefficient (Wildman–Crippen LogP) is 2.94. The first-order valence-corrected chi connectivity index (χ1v) is 6.63. The zero-order valence-corrected chi connectivity index (χ0v) is 11.5. The Kier molecular flexibility index (Phi) is 4.41. The molecule has 1 N–H and O–H groups in total. The number of carbonyl (C=O) groups is 1. The van der Waals surface area contributed by atoms with Crippen LogP contribution in [0.5, 0.6) is 0 Å². The number of hydrogen-bond acceptors (Lipinski definition) is 2. The molecule has 0 fully saturated rings. The zero-order valence-electron chi connectivity index (χ0n) is 11.5. The van der Waals surface area contributed by atoms with Gasteiger partial charge in [-0.15, -0.1) is 5.92 Å². The maximum absolute atomic E-state index is 11.8. The summed E-state index contributed by atoms with van der Waals surface area (Å²) in [6.07, 6.45) is 3.23. The Morgan fingerprint density at radius 3 is 2.84 bits per heavy atom. The second-order valence-electron chi connectivity index (χ2n) is 4.88. The van der Waals surface area contributed by atoms with Gasteiger partial charge in [0, 0.05) is 18.2 Å². The summed E-state index contributed by atoms with van der Waals surface area (Å²) in [5.74, 6) is 6.30. The number of ketones is 1. The molecule has 1 atom stereocenters. The minimum Gasteiger partial charge on any atom is -0.377 e. The lowest BCUT2D eigenvalue weighted by Crippen LogP contribution is -2.22. The maximum Gasteiger partial charge on any atom is 0.158 e. The molecule has 0 aromatic heterocycles. The highest BCUT2D eigenvalue weighted by molar-refractivity contribution is 5.92. The molecule has 1 aromatic rings. The van der Waals surface area contributed by atoms with Crippen molar-refractivity contribution in [2.75, 3.05) is 6.54 Å². The van der Waals surface area contributed by atoms with E-state index >= 15 is 0 Å². The van der Waals surface area contributed by atoms with Crippen molar-refractivity contribution in [1.82, 2.24) is 5.32 Å². The SMILES string of the molecule is CC#CCNC1=CC(=O)CC(c2ccccc2C)C1. The number of allylic oxidation sites excluding steroid dienone is 2. The third-order valence-electron chi connectivity index (χ3n) is 3.46. The lowest BCUT2D eigenvalue weighted by molar-refractivity contribution is -0.115.